The zero-order valence-electron chi connectivity index (χ0n) is 11.7. The second-order valence-electron chi connectivity index (χ2n) is 5.30. The number of nitrogens with one attached hydrogen (secondary N) is 1. The first-order valence-corrected chi connectivity index (χ1v) is 7.14. The summed E-state index contributed by atoms with van der Waals surface area (Å²) in [5.41, 5.74) is 5.30. The number of aromatic nitrogens is 2. The van der Waals surface area contributed by atoms with Crippen LogP contribution in [0.3, 0.4) is 0 Å². The monoisotopic (exact) mass is 255 g/mol. The predicted octanol–water partition coefficient (Wildman–Crippen LogP) is 3.47. The van der Waals surface area contributed by atoms with Crippen molar-refractivity contribution in [3.8, 4) is 0 Å². The van der Waals surface area contributed by atoms with E-state index in [1.54, 1.807) is 0 Å². The van der Waals surface area contributed by atoms with Crippen LogP contribution in [0.25, 0.3) is 0 Å². The molecule has 1 N–H and O–H groups in total. The molecule has 3 nitrogen and oxygen atoms in total. The first kappa shape index (κ1) is 12.3. The van der Waals surface area contributed by atoms with E-state index in [0.717, 1.165) is 12.1 Å². The third kappa shape index (κ3) is 2.37. The maximum Gasteiger partial charge on any atom is 0.0853 e. The Labute approximate surface area is 114 Å². The highest BCUT2D eigenvalue weighted by molar-refractivity contribution is 5.49. The second kappa shape index (κ2) is 5.08. The SMILES string of the molecule is CCc1nn(C)cc1NC1CCCc2ccccc21. The topological polar surface area (TPSA) is 29.9 Å². The summed E-state index contributed by atoms with van der Waals surface area (Å²) in [7, 11) is 1.99. The standard InChI is InChI=1S/C16H21N3/c1-3-14-16(11-19(2)18-14)17-15-10-6-8-12-7-4-5-9-13(12)15/h4-5,7,9,11,15,17H,3,6,8,10H2,1-2H3. The maximum absolute atomic E-state index is 4.50. The molecule has 100 valence electrons. The maximum atomic E-state index is 4.50. The van der Waals surface area contributed by atoms with Crippen molar-refractivity contribution in [1.82, 2.24) is 9.78 Å². The van der Waals surface area contributed by atoms with Gasteiger partial charge in [0.2, 0.25) is 0 Å². The summed E-state index contributed by atoms with van der Waals surface area (Å²) >= 11 is 0. The summed E-state index contributed by atoms with van der Waals surface area (Å²) in [4.78, 5) is 0. The van der Waals surface area contributed by atoms with Crippen LogP contribution < -0.4 is 5.32 Å². The van der Waals surface area contributed by atoms with E-state index in [0.29, 0.717) is 6.04 Å². The van der Waals surface area contributed by atoms with Gasteiger partial charge in [0, 0.05) is 13.2 Å². The van der Waals surface area contributed by atoms with Crippen molar-refractivity contribution in [2.75, 3.05) is 5.32 Å². The van der Waals surface area contributed by atoms with E-state index in [-0.39, 0.29) is 0 Å². The highest BCUT2D eigenvalue weighted by Crippen LogP contribution is 2.33. The Bertz CT molecular complexity index is 571. The number of nitrogens with zero attached hydrogens (tertiary/aromatic N) is 2. The molecule has 1 aliphatic rings. The molecule has 1 aromatic carbocycles. The summed E-state index contributed by atoms with van der Waals surface area (Å²) in [6.45, 7) is 2.16. The first-order chi connectivity index (χ1) is 9.28. The van der Waals surface area contributed by atoms with Gasteiger partial charge in [-0.25, -0.2) is 0 Å². The molecule has 1 aliphatic carbocycles. The van der Waals surface area contributed by atoms with Gasteiger partial charge in [0.25, 0.3) is 0 Å². The van der Waals surface area contributed by atoms with Gasteiger partial charge in [-0.3, -0.25) is 4.68 Å². The van der Waals surface area contributed by atoms with Crippen molar-refractivity contribution in [2.45, 2.75) is 38.6 Å². The number of hydrogen-bond acceptors (Lipinski definition) is 2. The van der Waals surface area contributed by atoms with Crippen LogP contribution in [0.5, 0.6) is 0 Å². The van der Waals surface area contributed by atoms with Gasteiger partial charge in [-0.15, -0.1) is 0 Å². The minimum absolute atomic E-state index is 0.430. The van der Waals surface area contributed by atoms with E-state index in [1.807, 2.05) is 11.7 Å². The number of aryl methyl sites for hydroxylation is 3. The molecule has 0 fully saturated rings. The van der Waals surface area contributed by atoms with Crippen molar-refractivity contribution in [3.63, 3.8) is 0 Å². The fraction of sp³-hybridized carbons (Fsp3) is 0.438. The number of benzene rings is 1. The van der Waals surface area contributed by atoms with Gasteiger partial charge in [-0.1, -0.05) is 31.2 Å². The van der Waals surface area contributed by atoms with Crippen LogP contribution in [0.2, 0.25) is 0 Å². The predicted molar refractivity (Wildman–Crippen MR) is 78.3 cm³/mol. The molecule has 0 saturated carbocycles. The molecule has 3 rings (SSSR count). The molecular weight excluding hydrogens is 234 g/mol. The van der Waals surface area contributed by atoms with Gasteiger partial charge < -0.3 is 5.32 Å². The summed E-state index contributed by atoms with van der Waals surface area (Å²) in [5, 5.41) is 8.20. The molecule has 0 bridgehead atoms. The van der Waals surface area contributed by atoms with E-state index < -0.39 is 0 Å². The quantitative estimate of drug-likeness (QED) is 0.910. The van der Waals surface area contributed by atoms with Crippen LogP contribution in [0.4, 0.5) is 5.69 Å². The largest absolute Gasteiger partial charge is 0.375 e. The Morgan fingerprint density at radius 1 is 1.37 bits per heavy atom. The Morgan fingerprint density at radius 3 is 3.05 bits per heavy atom. The van der Waals surface area contributed by atoms with E-state index >= 15 is 0 Å². The lowest BCUT2D eigenvalue weighted by molar-refractivity contribution is 0.600. The fourth-order valence-corrected chi connectivity index (χ4v) is 3.01. The molecule has 1 heterocycles. The van der Waals surface area contributed by atoms with E-state index in [9.17, 15) is 0 Å². The Balaban J connectivity index is 1.88. The Morgan fingerprint density at radius 2 is 2.21 bits per heavy atom. The number of hydrogen-bond donors (Lipinski definition) is 1. The normalized spacial score (nSPS) is 18.1. The van der Waals surface area contributed by atoms with Gasteiger partial charge >= 0.3 is 0 Å². The van der Waals surface area contributed by atoms with Crippen molar-refractivity contribution < 1.29 is 0 Å². The summed E-state index contributed by atoms with van der Waals surface area (Å²) in [6.07, 6.45) is 6.74. The second-order valence-corrected chi connectivity index (χ2v) is 5.30. The lowest BCUT2D eigenvalue weighted by Crippen LogP contribution is -2.17. The molecule has 2 aromatic rings. The molecule has 3 heteroatoms. The zero-order chi connectivity index (χ0) is 13.2. The Hall–Kier alpha value is -1.77. The zero-order valence-corrected chi connectivity index (χ0v) is 11.7. The number of rotatable bonds is 3. The van der Waals surface area contributed by atoms with Gasteiger partial charge in [-0.2, -0.15) is 5.10 Å². The van der Waals surface area contributed by atoms with E-state index in [2.05, 4.69) is 47.8 Å². The lowest BCUT2D eigenvalue weighted by Gasteiger charge is -2.27. The van der Waals surface area contributed by atoms with E-state index in [1.165, 1.54) is 36.1 Å². The van der Waals surface area contributed by atoms with Gasteiger partial charge in [0.15, 0.2) is 0 Å². The summed E-state index contributed by atoms with van der Waals surface area (Å²) in [6, 6.07) is 9.23. The summed E-state index contributed by atoms with van der Waals surface area (Å²) < 4.78 is 1.90. The molecule has 0 aliphatic heterocycles. The lowest BCUT2D eigenvalue weighted by atomic mass is 9.87. The van der Waals surface area contributed by atoms with Crippen LogP contribution >= 0.6 is 0 Å². The van der Waals surface area contributed by atoms with Crippen LogP contribution in [-0.2, 0) is 19.9 Å². The summed E-state index contributed by atoms with van der Waals surface area (Å²) in [5.74, 6) is 0. The molecule has 1 aromatic heterocycles. The van der Waals surface area contributed by atoms with Gasteiger partial charge in [0.05, 0.1) is 17.4 Å². The van der Waals surface area contributed by atoms with Crippen LogP contribution in [0, 0.1) is 0 Å². The van der Waals surface area contributed by atoms with Crippen LogP contribution in [0.15, 0.2) is 30.5 Å². The minimum atomic E-state index is 0.430. The highest BCUT2D eigenvalue weighted by atomic mass is 15.3. The first-order valence-electron chi connectivity index (χ1n) is 7.14. The average Bonchev–Trinajstić information content (AvgIpc) is 2.79. The van der Waals surface area contributed by atoms with Gasteiger partial charge in [-0.05, 0) is 36.8 Å². The molecule has 0 amide bonds. The molecule has 0 saturated heterocycles. The van der Waals surface area contributed by atoms with Crippen molar-refractivity contribution >= 4 is 5.69 Å². The molecule has 0 spiro atoms. The third-order valence-electron chi connectivity index (χ3n) is 3.94. The molecular formula is C16H21N3. The van der Waals surface area contributed by atoms with Crippen molar-refractivity contribution in [2.24, 2.45) is 7.05 Å². The van der Waals surface area contributed by atoms with Crippen LogP contribution in [-0.4, -0.2) is 9.78 Å². The Kier molecular flexibility index (Phi) is 3.28. The number of anilines is 1. The van der Waals surface area contributed by atoms with Crippen molar-refractivity contribution in [3.05, 3.63) is 47.3 Å². The van der Waals surface area contributed by atoms with Crippen molar-refractivity contribution in [1.29, 1.82) is 0 Å². The molecule has 1 unspecified atom stereocenters. The minimum Gasteiger partial charge on any atom is -0.375 e. The molecule has 0 radical (unpaired) electrons. The molecule has 19 heavy (non-hydrogen) atoms. The third-order valence-corrected chi connectivity index (χ3v) is 3.94. The average molecular weight is 255 g/mol. The smallest absolute Gasteiger partial charge is 0.0853 e. The fourth-order valence-electron chi connectivity index (χ4n) is 3.01. The van der Waals surface area contributed by atoms with Gasteiger partial charge in [0.1, 0.15) is 0 Å². The van der Waals surface area contributed by atoms with E-state index in [4.69, 9.17) is 0 Å². The number of fused-ring (bicyclic) bond motifs is 1. The molecule has 1 atom stereocenters. The highest BCUT2D eigenvalue weighted by Gasteiger charge is 2.20. The van der Waals surface area contributed by atoms with Crippen LogP contribution in [0.1, 0.15) is 42.6 Å².